The van der Waals surface area contributed by atoms with Crippen LogP contribution >= 0.6 is 7.44 Å². The molecule has 0 bridgehead atoms. The average molecular weight is 604 g/mol. The number of rotatable bonds is 18. The summed E-state index contributed by atoms with van der Waals surface area (Å²) in [6, 6.07) is 16.7. The van der Waals surface area contributed by atoms with Crippen molar-refractivity contribution in [3.63, 3.8) is 0 Å². The molecule has 10 nitrogen and oxygen atoms in total. The summed E-state index contributed by atoms with van der Waals surface area (Å²) in [5.41, 5.74) is 1.64. The SMILES string of the molecule is CC(C)C[C@H](NP(=O)(CCCC(=O)N(C)O)N[C@@H](CC(C)C)C(=O)OCc1ccccc1)C(=O)OCc1ccccc1. The third-order valence-electron chi connectivity index (χ3n) is 6.38. The van der Waals surface area contributed by atoms with E-state index in [0.717, 1.165) is 11.1 Å². The summed E-state index contributed by atoms with van der Waals surface area (Å²) >= 11 is 0. The molecule has 2 aromatic carbocycles. The fourth-order valence-electron chi connectivity index (χ4n) is 4.29. The Kier molecular flexibility index (Phi) is 14.9. The van der Waals surface area contributed by atoms with Gasteiger partial charge in [0.2, 0.25) is 13.4 Å². The normalized spacial score (nSPS) is 13.0. The van der Waals surface area contributed by atoms with E-state index in [9.17, 15) is 24.2 Å². The first-order chi connectivity index (χ1) is 19.9. The predicted molar refractivity (Wildman–Crippen MR) is 161 cm³/mol. The Morgan fingerprint density at radius 2 is 1.19 bits per heavy atom. The van der Waals surface area contributed by atoms with Crippen molar-refractivity contribution in [3.05, 3.63) is 71.8 Å². The summed E-state index contributed by atoms with van der Waals surface area (Å²) in [6.07, 6.45) is 0.701. The lowest BCUT2D eigenvalue weighted by atomic mass is 10.0. The van der Waals surface area contributed by atoms with Gasteiger partial charge in [-0.3, -0.25) is 24.2 Å². The Morgan fingerprint density at radius 1 is 0.786 bits per heavy atom. The highest BCUT2D eigenvalue weighted by Crippen LogP contribution is 2.40. The smallest absolute Gasteiger partial charge is 0.323 e. The number of hydrogen-bond donors (Lipinski definition) is 3. The van der Waals surface area contributed by atoms with Gasteiger partial charge in [-0.25, -0.2) is 15.2 Å². The summed E-state index contributed by atoms with van der Waals surface area (Å²) in [4.78, 5) is 38.5. The minimum Gasteiger partial charge on any atom is -0.460 e. The molecule has 11 heteroatoms. The number of amides is 1. The Balaban J connectivity index is 2.27. The maximum Gasteiger partial charge on any atom is 0.323 e. The van der Waals surface area contributed by atoms with Crippen molar-refractivity contribution in [2.45, 2.75) is 78.7 Å². The molecule has 1 amide bonds. The van der Waals surface area contributed by atoms with E-state index in [1.807, 2.05) is 88.4 Å². The number of nitrogens with zero attached hydrogens (tertiary/aromatic N) is 1. The van der Waals surface area contributed by atoms with E-state index in [4.69, 9.17) is 9.47 Å². The van der Waals surface area contributed by atoms with Gasteiger partial charge in [-0.15, -0.1) is 0 Å². The van der Waals surface area contributed by atoms with Gasteiger partial charge < -0.3 is 9.47 Å². The van der Waals surface area contributed by atoms with Crippen molar-refractivity contribution >= 4 is 25.3 Å². The van der Waals surface area contributed by atoms with Gasteiger partial charge in [-0.05, 0) is 42.2 Å². The van der Waals surface area contributed by atoms with E-state index in [1.165, 1.54) is 7.05 Å². The highest BCUT2D eigenvalue weighted by molar-refractivity contribution is 7.59. The second-order valence-electron chi connectivity index (χ2n) is 11.3. The molecule has 0 aliphatic heterocycles. The van der Waals surface area contributed by atoms with Crippen LogP contribution in [0.3, 0.4) is 0 Å². The molecule has 232 valence electrons. The van der Waals surface area contributed by atoms with E-state index in [1.54, 1.807) is 0 Å². The average Bonchev–Trinajstić information content (AvgIpc) is 2.94. The Bertz CT molecular complexity index is 1080. The van der Waals surface area contributed by atoms with Crippen molar-refractivity contribution in [2.24, 2.45) is 11.8 Å². The lowest BCUT2D eigenvalue weighted by Crippen LogP contribution is -2.45. The number of carbonyl (C=O) groups excluding carboxylic acids is 3. The van der Waals surface area contributed by atoms with Gasteiger partial charge in [0, 0.05) is 19.6 Å². The molecular weight excluding hydrogens is 557 g/mol. The number of benzene rings is 2. The van der Waals surface area contributed by atoms with E-state index < -0.39 is 37.4 Å². The number of hydrogen-bond acceptors (Lipinski definition) is 7. The van der Waals surface area contributed by atoms with Gasteiger partial charge in [-0.1, -0.05) is 88.4 Å². The molecule has 3 N–H and O–H groups in total. The van der Waals surface area contributed by atoms with Crippen LogP contribution in [0, 0.1) is 11.8 Å². The molecule has 2 atom stereocenters. The summed E-state index contributed by atoms with van der Waals surface area (Å²) < 4.78 is 25.6. The van der Waals surface area contributed by atoms with E-state index in [-0.39, 0.29) is 44.1 Å². The molecule has 0 aliphatic rings. The summed E-state index contributed by atoms with van der Waals surface area (Å²) in [7, 11) is -2.46. The van der Waals surface area contributed by atoms with E-state index >= 15 is 0 Å². The largest absolute Gasteiger partial charge is 0.460 e. The first-order valence-electron chi connectivity index (χ1n) is 14.4. The van der Waals surface area contributed by atoms with Crippen LogP contribution in [-0.4, -0.2) is 53.4 Å². The van der Waals surface area contributed by atoms with Gasteiger partial charge in [-0.2, -0.15) is 0 Å². The topological polar surface area (TPSA) is 134 Å². The van der Waals surface area contributed by atoms with Crippen molar-refractivity contribution in [2.75, 3.05) is 13.2 Å². The lowest BCUT2D eigenvalue weighted by molar-refractivity contribution is -0.159. The van der Waals surface area contributed by atoms with Crippen LogP contribution < -0.4 is 10.2 Å². The maximum atomic E-state index is 14.5. The van der Waals surface area contributed by atoms with E-state index in [0.29, 0.717) is 17.9 Å². The summed E-state index contributed by atoms with van der Waals surface area (Å²) in [5, 5.41) is 16.0. The van der Waals surface area contributed by atoms with Crippen molar-refractivity contribution < 1.29 is 33.6 Å². The molecule has 42 heavy (non-hydrogen) atoms. The van der Waals surface area contributed by atoms with Crippen LogP contribution in [0.15, 0.2) is 60.7 Å². The summed E-state index contributed by atoms with van der Waals surface area (Å²) in [5.74, 6) is -1.54. The van der Waals surface area contributed by atoms with Crippen LogP contribution in [0.25, 0.3) is 0 Å². The molecule has 0 saturated carbocycles. The molecular formula is C31H46N3O7P. The fraction of sp³-hybridized carbons (Fsp3) is 0.516. The van der Waals surface area contributed by atoms with Crippen molar-refractivity contribution in [1.29, 1.82) is 0 Å². The molecule has 0 unspecified atom stereocenters. The van der Waals surface area contributed by atoms with Crippen molar-refractivity contribution in [1.82, 2.24) is 15.2 Å². The second-order valence-corrected chi connectivity index (χ2v) is 13.7. The Labute approximate surface area is 249 Å². The first-order valence-corrected chi connectivity index (χ1v) is 16.3. The quantitative estimate of drug-likeness (QED) is 0.0898. The zero-order chi connectivity index (χ0) is 31.1. The zero-order valence-electron chi connectivity index (χ0n) is 25.3. The molecule has 0 aromatic heterocycles. The molecule has 0 fully saturated rings. The van der Waals surface area contributed by atoms with Gasteiger partial charge in [0.05, 0.1) is 0 Å². The third kappa shape index (κ3) is 13.3. The van der Waals surface area contributed by atoms with Crippen molar-refractivity contribution in [3.8, 4) is 0 Å². The van der Waals surface area contributed by atoms with Crippen LogP contribution in [0.2, 0.25) is 0 Å². The Hall–Kier alpha value is -3.04. The van der Waals surface area contributed by atoms with Gasteiger partial charge >= 0.3 is 11.9 Å². The highest BCUT2D eigenvalue weighted by Gasteiger charge is 2.35. The molecule has 0 radical (unpaired) electrons. The monoisotopic (exact) mass is 603 g/mol. The summed E-state index contributed by atoms with van der Waals surface area (Å²) in [6.45, 7) is 7.89. The number of hydroxylamine groups is 2. The zero-order valence-corrected chi connectivity index (χ0v) is 26.2. The predicted octanol–water partition coefficient (Wildman–Crippen LogP) is 5.30. The minimum absolute atomic E-state index is 0.0479. The van der Waals surface area contributed by atoms with Gasteiger partial charge in [0.1, 0.15) is 25.3 Å². The third-order valence-corrected chi connectivity index (χ3v) is 8.79. The standard InChI is InChI=1S/C31H46N3O7P/c1-23(2)19-27(30(36)40-21-25-13-8-6-9-14-25)32-42(39,18-12-17-29(35)34(5)38)33-28(20-24(3)4)31(37)41-22-26-15-10-7-11-16-26/h6-11,13-16,23-24,27-28,38H,12,17-22H2,1-5H3,(H2,32,33,39)/t27-,28-/m0/s1. The van der Waals surface area contributed by atoms with Crippen LogP contribution in [0.4, 0.5) is 0 Å². The minimum atomic E-state index is -3.68. The molecule has 0 aliphatic carbocycles. The second kappa shape index (κ2) is 17.8. The maximum absolute atomic E-state index is 14.5. The number of esters is 2. The molecule has 0 saturated heterocycles. The van der Waals surface area contributed by atoms with Gasteiger partial charge in [0.25, 0.3) is 0 Å². The number of ether oxygens (including phenoxy) is 2. The Morgan fingerprint density at radius 3 is 1.55 bits per heavy atom. The van der Waals surface area contributed by atoms with Crippen LogP contribution in [0.1, 0.15) is 64.5 Å². The molecule has 0 heterocycles. The van der Waals surface area contributed by atoms with Crippen LogP contribution in [0.5, 0.6) is 0 Å². The highest BCUT2D eigenvalue weighted by atomic mass is 31.2. The number of nitrogens with one attached hydrogen (secondary N) is 2. The fourth-order valence-corrected chi connectivity index (χ4v) is 6.65. The van der Waals surface area contributed by atoms with Crippen LogP contribution in [-0.2, 0) is 41.6 Å². The molecule has 2 rings (SSSR count). The van der Waals surface area contributed by atoms with E-state index in [2.05, 4.69) is 10.2 Å². The van der Waals surface area contributed by atoms with Gasteiger partial charge in [0.15, 0.2) is 0 Å². The number of carbonyl (C=O) groups is 3. The molecule has 2 aromatic rings. The molecule has 0 spiro atoms. The lowest BCUT2D eigenvalue weighted by Gasteiger charge is -2.30. The first kappa shape index (κ1) is 35.2.